The molecule has 0 saturated carbocycles. The number of nitrogens with one attached hydrogen (secondary N) is 3. The summed E-state index contributed by atoms with van der Waals surface area (Å²) in [6.07, 6.45) is 4.88. The van der Waals surface area contributed by atoms with Crippen molar-refractivity contribution < 1.29 is 24.2 Å². The second kappa shape index (κ2) is 12.9. The van der Waals surface area contributed by atoms with Crippen molar-refractivity contribution in [2.75, 3.05) is 26.7 Å². The van der Waals surface area contributed by atoms with Crippen molar-refractivity contribution in [3.8, 4) is 5.75 Å². The van der Waals surface area contributed by atoms with Crippen LogP contribution in [0.3, 0.4) is 0 Å². The van der Waals surface area contributed by atoms with E-state index in [1.165, 1.54) is 46.6 Å². The third kappa shape index (κ3) is 6.91. The molecule has 4 aromatic rings. The first kappa shape index (κ1) is 27.6. The summed E-state index contributed by atoms with van der Waals surface area (Å²) < 4.78 is 6.31. The maximum Gasteiger partial charge on any atom is 0.305 e. The van der Waals surface area contributed by atoms with Gasteiger partial charge in [-0.25, -0.2) is 0 Å². The summed E-state index contributed by atoms with van der Waals surface area (Å²) in [6.45, 7) is 2.45. The van der Waals surface area contributed by atoms with E-state index in [4.69, 9.17) is 15.6 Å². The molecule has 1 aromatic carbocycles. The van der Waals surface area contributed by atoms with Gasteiger partial charge in [0.2, 0.25) is 0 Å². The summed E-state index contributed by atoms with van der Waals surface area (Å²) in [5.74, 6) is -0.255. The fourth-order valence-electron chi connectivity index (χ4n) is 4.51. The van der Waals surface area contributed by atoms with Crippen molar-refractivity contribution in [2.24, 2.45) is 11.7 Å². The minimum absolute atomic E-state index is 0.0493. The van der Waals surface area contributed by atoms with Gasteiger partial charge in [0.1, 0.15) is 5.69 Å². The highest BCUT2D eigenvalue weighted by Gasteiger charge is 2.17. The smallest absolute Gasteiger partial charge is 0.305 e. The molecule has 0 spiro atoms. The van der Waals surface area contributed by atoms with Crippen LogP contribution in [0.1, 0.15) is 50.7 Å². The number of benzene rings is 1. The summed E-state index contributed by atoms with van der Waals surface area (Å²) >= 11 is 3.28. The maximum absolute atomic E-state index is 12.0. The molecule has 1 aliphatic rings. The number of para-hydroxylation sites is 1. The number of piperidine rings is 1. The highest BCUT2D eigenvalue weighted by Crippen LogP contribution is 2.35. The van der Waals surface area contributed by atoms with Crippen molar-refractivity contribution >= 4 is 60.8 Å². The van der Waals surface area contributed by atoms with Gasteiger partial charge < -0.3 is 31.2 Å². The van der Waals surface area contributed by atoms with Gasteiger partial charge in [0.25, 0.3) is 11.8 Å². The van der Waals surface area contributed by atoms with Gasteiger partial charge in [-0.15, -0.1) is 22.7 Å². The van der Waals surface area contributed by atoms with Gasteiger partial charge in [-0.05, 0) is 69.0 Å². The molecule has 1 aliphatic heterocycles. The Balaban J connectivity index is 0.000000204. The van der Waals surface area contributed by atoms with Gasteiger partial charge in [0, 0.05) is 27.7 Å². The van der Waals surface area contributed by atoms with Gasteiger partial charge in [0.05, 0.1) is 22.4 Å². The number of primary amides is 1. The Bertz CT molecular complexity index is 1390. The van der Waals surface area contributed by atoms with Crippen molar-refractivity contribution in [1.82, 2.24) is 15.6 Å². The molecular weight excluding hydrogens is 524 g/mol. The fraction of sp³-hybridized carbons (Fsp3) is 0.370. The zero-order valence-corrected chi connectivity index (χ0v) is 22.8. The highest BCUT2D eigenvalue weighted by molar-refractivity contribution is 7.39. The lowest BCUT2D eigenvalue weighted by molar-refractivity contribution is -0.136. The quantitative estimate of drug-likeness (QED) is 0.207. The van der Waals surface area contributed by atoms with E-state index in [0.717, 1.165) is 41.7 Å². The number of carbonyl (C=O) groups is 3. The second-order valence-electron chi connectivity index (χ2n) is 9.14. The lowest BCUT2D eigenvalue weighted by atomic mass is 9.93. The number of H-pyrrole nitrogens is 1. The molecule has 0 atom stereocenters. The number of methoxy groups -OCH3 is 1. The minimum atomic E-state index is -0.902. The molecule has 38 heavy (non-hydrogen) atoms. The molecule has 0 radical (unpaired) electrons. The Morgan fingerprint density at radius 2 is 1.92 bits per heavy atom. The van der Waals surface area contributed by atoms with Crippen LogP contribution in [-0.4, -0.2) is 54.6 Å². The molecule has 1 saturated heterocycles. The summed E-state index contributed by atoms with van der Waals surface area (Å²) in [5, 5.41) is 16.7. The Hall–Kier alpha value is -3.41. The molecule has 3 aromatic heterocycles. The normalized spacial score (nSPS) is 13.7. The number of nitrogens with two attached hydrogens (primary N) is 1. The van der Waals surface area contributed by atoms with E-state index in [-0.39, 0.29) is 18.9 Å². The van der Waals surface area contributed by atoms with Crippen LogP contribution >= 0.6 is 22.7 Å². The molecule has 4 heterocycles. The van der Waals surface area contributed by atoms with Crippen molar-refractivity contribution in [3.63, 3.8) is 0 Å². The average Bonchev–Trinajstić information content (AvgIpc) is 3.59. The predicted molar refractivity (Wildman–Crippen MR) is 152 cm³/mol. The number of hydrogen-bond acceptors (Lipinski definition) is 7. The molecule has 0 aliphatic carbocycles. The van der Waals surface area contributed by atoms with E-state index in [2.05, 4.69) is 21.7 Å². The Labute approximate surface area is 228 Å². The molecule has 11 heteroatoms. The molecule has 0 bridgehead atoms. The Kier molecular flexibility index (Phi) is 9.38. The average molecular weight is 557 g/mol. The number of aliphatic carboxylic acids is 1. The first-order chi connectivity index (χ1) is 18.4. The van der Waals surface area contributed by atoms with Gasteiger partial charge >= 0.3 is 5.97 Å². The zero-order valence-electron chi connectivity index (χ0n) is 21.2. The number of aromatic amines is 1. The van der Waals surface area contributed by atoms with Crippen LogP contribution in [0.2, 0.25) is 0 Å². The largest absolute Gasteiger partial charge is 0.494 e. The molecule has 6 N–H and O–H groups in total. The lowest BCUT2D eigenvalue weighted by Crippen LogP contribution is -2.27. The fourth-order valence-corrected chi connectivity index (χ4v) is 6.94. The number of aromatic nitrogens is 1. The van der Waals surface area contributed by atoms with Crippen LogP contribution in [-0.2, 0) is 11.2 Å². The van der Waals surface area contributed by atoms with Crippen LogP contribution in [0.4, 0.5) is 0 Å². The van der Waals surface area contributed by atoms with Crippen molar-refractivity contribution in [3.05, 3.63) is 51.8 Å². The number of aryl methyl sites for hydroxylation is 1. The maximum atomic E-state index is 12.0. The number of hydrogen-bond donors (Lipinski definition) is 5. The first-order valence-electron chi connectivity index (χ1n) is 12.5. The number of amides is 2. The number of carboxylic acids is 1. The van der Waals surface area contributed by atoms with Crippen LogP contribution in [0.15, 0.2) is 36.4 Å². The van der Waals surface area contributed by atoms with E-state index in [0.29, 0.717) is 16.3 Å². The molecule has 9 nitrogen and oxygen atoms in total. The van der Waals surface area contributed by atoms with Crippen molar-refractivity contribution in [1.29, 1.82) is 0 Å². The zero-order chi connectivity index (χ0) is 27.1. The lowest BCUT2D eigenvalue weighted by Gasteiger charge is -2.22. The van der Waals surface area contributed by atoms with Crippen LogP contribution in [0.5, 0.6) is 5.75 Å². The van der Waals surface area contributed by atoms with Crippen LogP contribution in [0, 0.1) is 5.92 Å². The van der Waals surface area contributed by atoms with Crippen molar-refractivity contribution in [2.45, 2.75) is 32.1 Å². The van der Waals surface area contributed by atoms with E-state index in [9.17, 15) is 14.4 Å². The molecule has 0 unspecified atom stereocenters. The number of thiophene rings is 2. The molecule has 1 fully saturated rings. The van der Waals surface area contributed by atoms with Crippen LogP contribution < -0.4 is 21.1 Å². The van der Waals surface area contributed by atoms with E-state index >= 15 is 0 Å². The third-order valence-corrected chi connectivity index (χ3v) is 8.93. The first-order valence-corrected chi connectivity index (χ1v) is 14.2. The monoisotopic (exact) mass is 556 g/mol. The summed E-state index contributed by atoms with van der Waals surface area (Å²) in [5.41, 5.74) is 6.36. The standard InChI is InChI=1S/C17H22N2O3S2.C10H10N2O2/c20-15(21)5-8-19-16(22)14-10-12-9-13(23-17(12)24-14)2-1-11-3-6-18-7-4-11;1-14-9-6-4-2-3-5-7(6)12-8(9)10(11)13/h9-11,18H,1-8H2,(H,19,22)(H,20,21);2-5,12H,1H3,(H2,11,13). The van der Waals surface area contributed by atoms with E-state index < -0.39 is 11.9 Å². The summed E-state index contributed by atoms with van der Waals surface area (Å²) in [7, 11) is 1.52. The number of carbonyl (C=O) groups excluding carboxylic acids is 2. The van der Waals surface area contributed by atoms with Gasteiger partial charge in [0.15, 0.2) is 5.75 Å². The number of ether oxygens (including phenoxy) is 1. The SMILES string of the molecule is COc1c(C(N)=O)[nH]c2ccccc12.O=C(O)CCNC(=O)c1cc2cc(CCC3CCNCC3)sc2s1. The summed E-state index contributed by atoms with van der Waals surface area (Å²) in [4.78, 5) is 38.5. The molecule has 5 rings (SSSR count). The number of carboxylic acid groups (broad SMARTS) is 1. The van der Waals surface area contributed by atoms with Gasteiger partial charge in [-0.3, -0.25) is 14.4 Å². The van der Waals surface area contributed by atoms with E-state index in [1.54, 1.807) is 11.3 Å². The Morgan fingerprint density at radius 3 is 2.61 bits per heavy atom. The number of rotatable bonds is 9. The van der Waals surface area contributed by atoms with Gasteiger partial charge in [-0.1, -0.05) is 12.1 Å². The Morgan fingerprint density at radius 1 is 1.16 bits per heavy atom. The molecule has 202 valence electrons. The molecular formula is C27H32N4O5S2. The highest BCUT2D eigenvalue weighted by atomic mass is 32.2. The second-order valence-corrected chi connectivity index (χ2v) is 11.6. The third-order valence-electron chi connectivity index (χ3n) is 6.48. The van der Waals surface area contributed by atoms with E-state index in [1.807, 2.05) is 30.3 Å². The molecule has 2 amide bonds. The number of fused-ring (bicyclic) bond motifs is 2. The topological polar surface area (TPSA) is 147 Å². The predicted octanol–water partition coefficient (Wildman–Crippen LogP) is 4.37. The summed E-state index contributed by atoms with van der Waals surface area (Å²) in [6, 6.07) is 11.6. The minimum Gasteiger partial charge on any atom is -0.494 e. The van der Waals surface area contributed by atoms with Gasteiger partial charge in [-0.2, -0.15) is 0 Å². The van der Waals surface area contributed by atoms with Crippen LogP contribution in [0.25, 0.3) is 20.3 Å².